The Kier molecular flexibility index (Phi) is 4.25. The number of halogens is 1. The molecule has 1 aliphatic heterocycles. The smallest absolute Gasteiger partial charge is 0.232 e. The number of hydrogen-bond acceptors (Lipinski definition) is 2. The van der Waals surface area contributed by atoms with Crippen molar-refractivity contribution in [3.63, 3.8) is 0 Å². The first kappa shape index (κ1) is 16.2. The van der Waals surface area contributed by atoms with Crippen LogP contribution >= 0.6 is 11.6 Å². The standard InChI is InChI=1S/C19H20ClN3O2/c20-14-5-3-13(4-6-14)19-16-2-1-9-22(16)10-11-23(19)18(25)12-17(24)21-15-7-8-15/h1-6,9,15,19H,7-8,10-12H2,(H,21,24)/t19-/m0/s1. The van der Waals surface area contributed by atoms with E-state index >= 15 is 0 Å². The lowest BCUT2D eigenvalue weighted by molar-refractivity contribution is -0.138. The van der Waals surface area contributed by atoms with E-state index in [0.717, 1.165) is 30.6 Å². The molecule has 2 aliphatic rings. The van der Waals surface area contributed by atoms with Gasteiger partial charge in [0.25, 0.3) is 0 Å². The summed E-state index contributed by atoms with van der Waals surface area (Å²) < 4.78 is 2.16. The average Bonchev–Trinajstić information content (AvgIpc) is 3.27. The summed E-state index contributed by atoms with van der Waals surface area (Å²) in [6.45, 7) is 1.33. The van der Waals surface area contributed by atoms with E-state index in [4.69, 9.17) is 11.6 Å². The van der Waals surface area contributed by atoms with Gasteiger partial charge in [-0.3, -0.25) is 9.59 Å². The minimum atomic E-state index is -0.192. The second kappa shape index (κ2) is 6.56. The van der Waals surface area contributed by atoms with E-state index < -0.39 is 0 Å². The number of hydrogen-bond donors (Lipinski definition) is 1. The highest BCUT2D eigenvalue weighted by Gasteiger charge is 2.33. The first-order chi connectivity index (χ1) is 12.1. The molecule has 2 heterocycles. The van der Waals surface area contributed by atoms with Gasteiger partial charge >= 0.3 is 0 Å². The Bertz CT molecular complexity index is 795. The highest BCUT2D eigenvalue weighted by atomic mass is 35.5. The Morgan fingerprint density at radius 3 is 2.60 bits per heavy atom. The van der Waals surface area contributed by atoms with E-state index in [-0.39, 0.29) is 30.3 Å². The Morgan fingerprint density at radius 1 is 1.12 bits per heavy atom. The third-order valence-corrected chi connectivity index (χ3v) is 5.05. The van der Waals surface area contributed by atoms with E-state index in [2.05, 4.69) is 9.88 Å². The lowest BCUT2D eigenvalue weighted by atomic mass is 9.99. The molecule has 1 aromatic carbocycles. The molecule has 25 heavy (non-hydrogen) atoms. The molecule has 2 amide bonds. The molecular weight excluding hydrogens is 338 g/mol. The van der Waals surface area contributed by atoms with E-state index in [0.29, 0.717) is 11.6 Å². The predicted molar refractivity (Wildman–Crippen MR) is 95.2 cm³/mol. The maximum absolute atomic E-state index is 12.8. The molecule has 5 nitrogen and oxygen atoms in total. The van der Waals surface area contributed by atoms with Crippen molar-refractivity contribution < 1.29 is 9.59 Å². The fourth-order valence-electron chi connectivity index (χ4n) is 3.39. The first-order valence-electron chi connectivity index (χ1n) is 8.61. The molecule has 1 N–H and O–H groups in total. The molecular formula is C19H20ClN3O2. The molecule has 1 saturated carbocycles. The molecule has 0 radical (unpaired) electrons. The first-order valence-corrected chi connectivity index (χ1v) is 8.99. The topological polar surface area (TPSA) is 54.3 Å². The number of rotatable bonds is 4. The summed E-state index contributed by atoms with van der Waals surface area (Å²) in [6, 6.07) is 11.7. The Labute approximate surface area is 151 Å². The second-order valence-electron chi connectivity index (χ2n) is 6.69. The zero-order valence-corrected chi connectivity index (χ0v) is 14.6. The number of amides is 2. The maximum Gasteiger partial charge on any atom is 0.232 e. The molecule has 1 fully saturated rings. The van der Waals surface area contributed by atoms with Crippen LogP contribution < -0.4 is 5.32 Å². The Balaban J connectivity index is 1.59. The molecule has 130 valence electrons. The summed E-state index contributed by atoms with van der Waals surface area (Å²) in [5.74, 6) is -0.311. The van der Waals surface area contributed by atoms with E-state index in [1.54, 1.807) is 0 Å². The number of aromatic nitrogens is 1. The number of benzene rings is 1. The third-order valence-electron chi connectivity index (χ3n) is 4.80. The largest absolute Gasteiger partial charge is 0.353 e. The van der Waals surface area contributed by atoms with Crippen LogP contribution in [0.3, 0.4) is 0 Å². The van der Waals surface area contributed by atoms with Crippen LogP contribution in [0.4, 0.5) is 0 Å². The number of nitrogens with zero attached hydrogens (tertiary/aromatic N) is 2. The summed E-state index contributed by atoms with van der Waals surface area (Å²) >= 11 is 6.01. The molecule has 2 aromatic rings. The maximum atomic E-state index is 12.8. The fraction of sp³-hybridized carbons (Fsp3) is 0.368. The number of nitrogens with one attached hydrogen (secondary N) is 1. The highest BCUT2D eigenvalue weighted by Crippen LogP contribution is 2.33. The van der Waals surface area contributed by atoms with Crippen LogP contribution in [-0.4, -0.2) is 33.9 Å². The zero-order chi connectivity index (χ0) is 17.4. The molecule has 0 unspecified atom stereocenters. The van der Waals surface area contributed by atoms with Gasteiger partial charge in [-0.25, -0.2) is 0 Å². The zero-order valence-electron chi connectivity index (χ0n) is 13.8. The molecule has 0 saturated heterocycles. The van der Waals surface area contributed by atoms with Crippen molar-refractivity contribution in [2.24, 2.45) is 0 Å². The van der Waals surface area contributed by atoms with E-state index in [9.17, 15) is 9.59 Å². The molecule has 1 aliphatic carbocycles. The molecule has 0 spiro atoms. The lowest BCUT2D eigenvalue weighted by Gasteiger charge is -2.37. The second-order valence-corrected chi connectivity index (χ2v) is 7.12. The van der Waals surface area contributed by atoms with Gasteiger partial charge in [0, 0.05) is 36.0 Å². The summed E-state index contributed by atoms with van der Waals surface area (Å²) in [5, 5.41) is 3.55. The van der Waals surface area contributed by atoms with Crippen LogP contribution in [0, 0.1) is 0 Å². The average molecular weight is 358 g/mol. The molecule has 0 bridgehead atoms. The van der Waals surface area contributed by atoms with Gasteiger partial charge < -0.3 is 14.8 Å². The van der Waals surface area contributed by atoms with Crippen LogP contribution in [0.1, 0.15) is 36.6 Å². The van der Waals surface area contributed by atoms with Crippen molar-refractivity contribution in [2.45, 2.75) is 37.9 Å². The van der Waals surface area contributed by atoms with Gasteiger partial charge in [0.05, 0.1) is 6.04 Å². The molecule has 6 heteroatoms. The Morgan fingerprint density at radius 2 is 1.88 bits per heavy atom. The van der Waals surface area contributed by atoms with Crippen molar-refractivity contribution in [1.82, 2.24) is 14.8 Å². The van der Waals surface area contributed by atoms with Gasteiger partial charge in [0.2, 0.25) is 11.8 Å². The van der Waals surface area contributed by atoms with Crippen LogP contribution in [0.2, 0.25) is 5.02 Å². The molecule has 1 atom stereocenters. The monoisotopic (exact) mass is 357 g/mol. The minimum Gasteiger partial charge on any atom is -0.353 e. The normalized spacial score (nSPS) is 19.4. The minimum absolute atomic E-state index is 0.0959. The molecule has 4 rings (SSSR count). The van der Waals surface area contributed by atoms with Gasteiger partial charge in [-0.05, 0) is 42.7 Å². The number of fused-ring (bicyclic) bond motifs is 1. The van der Waals surface area contributed by atoms with Crippen molar-refractivity contribution in [3.05, 3.63) is 58.9 Å². The fourth-order valence-corrected chi connectivity index (χ4v) is 3.52. The van der Waals surface area contributed by atoms with Crippen LogP contribution in [0.25, 0.3) is 0 Å². The lowest BCUT2D eigenvalue weighted by Crippen LogP contribution is -2.44. The van der Waals surface area contributed by atoms with Gasteiger partial charge in [-0.1, -0.05) is 23.7 Å². The molecule has 1 aromatic heterocycles. The summed E-state index contributed by atoms with van der Waals surface area (Å²) in [5.41, 5.74) is 2.06. The van der Waals surface area contributed by atoms with E-state index in [1.165, 1.54) is 0 Å². The number of carbonyl (C=O) groups excluding carboxylic acids is 2. The van der Waals surface area contributed by atoms with Gasteiger partial charge in [0.1, 0.15) is 6.42 Å². The summed E-state index contributed by atoms with van der Waals surface area (Å²) in [6.07, 6.45) is 3.97. The van der Waals surface area contributed by atoms with Gasteiger partial charge in [0.15, 0.2) is 0 Å². The van der Waals surface area contributed by atoms with Crippen LogP contribution in [0.15, 0.2) is 42.6 Å². The highest BCUT2D eigenvalue weighted by molar-refractivity contribution is 6.30. The quantitative estimate of drug-likeness (QED) is 0.855. The van der Waals surface area contributed by atoms with Crippen molar-refractivity contribution in [3.8, 4) is 0 Å². The Hall–Kier alpha value is -2.27. The van der Waals surface area contributed by atoms with E-state index in [1.807, 2.05) is 47.5 Å². The van der Waals surface area contributed by atoms with Crippen molar-refractivity contribution in [1.29, 1.82) is 0 Å². The SMILES string of the molecule is O=C(CC(=O)N1CCn2cccc2[C@@H]1c1ccc(Cl)cc1)NC1CC1. The van der Waals surface area contributed by atoms with Crippen molar-refractivity contribution in [2.75, 3.05) is 6.54 Å². The predicted octanol–water partition coefficient (Wildman–Crippen LogP) is 2.74. The van der Waals surface area contributed by atoms with Crippen molar-refractivity contribution >= 4 is 23.4 Å². The van der Waals surface area contributed by atoms with Gasteiger partial charge in [-0.2, -0.15) is 0 Å². The number of carbonyl (C=O) groups is 2. The van der Waals surface area contributed by atoms with Crippen LogP contribution in [0.5, 0.6) is 0 Å². The summed E-state index contributed by atoms with van der Waals surface area (Å²) in [4.78, 5) is 26.7. The summed E-state index contributed by atoms with van der Waals surface area (Å²) in [7, 11) is 0. The van der Waals surface area contributed by atoms with Gasteiger partial charge in [-0.15, -0.1) is 0 Å². The third kappa shape index (κ3) is 3.42. The van der Waals surface area contributed by atoms with Crippen LogP contribution in [-0.2, 0) is 16.1 Å².